The average molecular weight is 280 g/mol. The number of nitrogens with zero attached hydrogens (tertiary/aromatic N) is 1. The standard InChI is InChI=1S/C16H25FN2O/c1-3-8-18-11-14-6-4-7-15(17)16(14)19-9-5-10-20-13(2)12-19/h4,6-7,13,18H,3,5,8-12H2,1-2H3. The Morgan fingerprint density at radius 2 is 2.30 bits per heavy atom. The van der Waals surface area contributed by atoms with Crippen LogP contribution in [-0.2, 0) is 11.3 Å². The van der Waals surface area contributed by atoms with E-state index in [-0.39, 0.29) is 11.9 Å². The van der Waals surface area contributed by atoms with Crippen LogP contribution in [0.1, 0.15) is 32.3 Å². The molecule has 0 spiro atoms. The SMILES string of the molecule is CCCNCc1cccc(F)c1N1CCCOC(C)C1. The van der Waals surface area contributed by atoms with Crippen molar-refractivity contribution in [1.29, 1.82) is 0 Å². The average Bonchev–Trinajstić information content (AvgIpc) is 2.64. The molecule has 20 heavy (non-hydrogen) atoms. The summed E-state index contributed by atoms with van der Waals surface area (Å²) in [7, 11) is 0. The van der Waals surface area contributed by atoms with Gasteiger partial charge in [0.1, 0.15) is 5.82 Å². The van der Waals surface area contributed by atoms with Gasteiger partial charge in [0.15, 0.2) is 0 Å². The lowest BCUT2D eigenvalue weighted by Gasteiger charge is -2.27. The Morgan fingerprint density at radius 3 is 3.10 bits per heavy atom. The molecule has 4 heteroatoms. The monoisotopic (exact) mass is 280 g/mol. The minimum atomic E-state index is -0.130. The fourth-order valence-corrected chi connectivity index (χ4v) is 2.65. The minimum absolute atomic E-state index is 0.130. The molecule has 1 N–H and O–H groups in total. The molecule has 1 atom stereocenters. The van der Waals surface area contributed by atoms with Gasteiger partial charge in [-0.2, -0.15) is 0 Å². The van der Waals surface area contributed by atoms with Gasteiger partial charge in [0.25, 0.3) is 0 Å². The minimum Gasteiger partial charge on any atom is -0.377 e. The summed E-state index contributed by atoms with van der Waals surface area (Å²) in [6.45, 7) is 8.22. The molecule has 0 aliphatic carbocycles. The number of hydrogen-bond acceptors (Lipinski definition) is 3. The lowest BCUT2D eigenvalue weighted by atomic mass is 10.1. The third kappa shape index (κ3) is 3.93. The molecule has 0 radical (unpaired) electrons. The smallest absolute Gasteiger partial charge is 0.146 e. The third-order valence-electron chi connectivity index (χ3n) is 3.58. The number of benzene rings is 1. The second-order valence-electron chi connectivity index (χ2n) is 5.41. The van der Waals surface area contributed by atoms with E-state index in [9.17, 15) is 4.39 Å². The molecule has 0 amide bonds. The fourth-order valence-electron chi connectivity index (χ4n) is 2.65. The van der Waals surface area contributed by atoms with Crippen LogP contribution in [0.2, 0.25) is 0 Å². The van der Waals surface area contributed by atoms with Crippen molar-refractivity contribution in [3.63, 3.8) is 0 Å². The molecule has 0 bridgehead atoms. The summed E-state index contributed by atoms with van der Waals surface area (Å²) >= 11 is 0. The van der Waals surface area contributed by atoms with E-state index < -0.39 is 0 Å². The van der Waals surface area contributed by atoms with E-state index in [4.69, 9.17) is 4.74 Å². The van der Waals surface area contributed by atoms with Crippen LogP contribution >= 0.6 is 0 Å². The maximum absolute atomic E-state index is 14.3. The van der Waals surface area contributed by atoms with Crippen molar-refractivity contribution in [2.75, 3.05) is 31.1 Å². The zero-order chi connectivity index (χ0) is 14.4. The van der Waals surface area contributed by atoms with E-state index in [2.05, 4.69) is 17.1 Å². The highest BCUT2D eigenvalue weighted by Crippen LogP contribution is 2.26. The van der Waals surface area contributed by atoms with Crippen molar-refractivity contribution in [2.24, 2.45) is 0 Å². The Labute approximate surface area is 121 Å². The summed E-state index contributed by atoms with van der Waals surface area (Å²) < 4.78 is 19.9. The predicted octanol–water partition coefficient (Wildman–Crippen LogP) is 2.94. The molecule has 112 valence electrons. The van der Waals surface area contributed by atoms with Gasteiger partial charge in [-0.05, 0) is 37.9 Å². The van der Waals surface area contributed by atoms with Crippen LogP contribution < -0.4 is 10.2 Å². The highest BCUT2D eigenvalue weighted by molar-refractivity contribution is 5.55. The molecular weight excluding hydrogens is 255 g/mol. The van der Waals surface area contributed by atoms with Gasteiger partial charge in [0.2, 0.25) is 0 Å². The molecule has 1 aliphatic heterocycles. The van der Waals surface area contributed by atoms with Crippen molar-refractivity contribution in [3.8, 4) is 0 Å². The Hall–Kier alpha value is -1.13. The number of para-hydroxylation sites is 1. The normalized spacial score (nSPS) is 19.9. The van der Waals surface area contributed by atoms with E-state index in [1.165, 1.54) is 0 Å². The summed E-state index contributed by atoms with van der Waals surface area (Å²) in [4.78, 5) is 2.13. The molecule has 1 saturated heterocycles. The second-order valence-corrected chi connectivity index (χ2v) is 5.41. The maximum Gasteiger partial charge on any atom is 0.146 e. The molecule has 1 aliphatic rings. The van der Waals surface area contributed by atoms with Crippen LogP contribution in [0.25, 0.3) is 0 Å². The van der Waals surface area contributed by atoms with Crippen molar-refractivity contribution < 1.29 is 9.13 Å². The number of hydrogen-bond donors (Lipinski definition) is 1. The highest BCUT2D eigenvalue weighted by atomic mass is 19.1. The van der Waals surface area contributed by atoms with Gasteiger partial charge in [0, 0.05) is 26.2 Å². The fraction of sp³-hybridized carbons (Fsp3) is 0.625. The van der Waals surface area contributed by atoms with E-state index in [1.807, 2.05) is 13.0 Å². The molecule has 0 saturated carbocycles. The van der Waals surface area contributed by atoms with Crippen LogP contribution in [0.5, 0.6) is 0 Å². The predicted molar refractivity (Wildman–Crippen MR) is 80.6 cm³/mol. The van der Waals surface area contributed by atoms with Gasteiger partial charge in [0.05, 0.1) is 11.8 Å². The molecule has 1 unspecified atom stereocenters. The zero-order valence-electron chi connectivity index (χ0n) is 12.5. The van der Waals surface area contributed by atoms with Crippen LogP contribution in [-0.4, -0.2) is 32.3 Å². The molecule has 1 fully saturated rings. The summed E-state index contributed by atoms with van der Waals surface area (Å²) in [5.41, 5.74) is 1.78. The number of ether oxygens (including phenoxy) is 1. The molecule has 1 aromatic rings. The van der Waals surface area contributed by atoms with Gasteiger partial charge < -0.3 is 15.0 Å². The molecule has 1 aromatic carbocycles. The Morgan fingerprint density at radius 1 is 1.45 bits per heavy atom. The first-order chi connectivity index (χ1) is 9.72. The number of anilines is 1. The number of rotatable bonds is 5. The highest BCUT2D eigenvalue weighted by Gasteiger charge is 2.20. The van der Waals surface area contributed by atoms with Gasteiger partial charge >= 0.3 is 0 Å². The molecule has 0 aromatic heterocycles. The number of halogens is 1. The summed E-state index contributed by atoms with van der Waals surface area (Å²) in [5, 5.41) is 3.36. The maximum atomic E-state index is 14.3. The molecule has 1 heterocycles. The first-order valence-electron chi connectivity index (χ1n) is 7.57. The summed E-state index contributed by atoms with van der Waals surface area (Å²) in [6.07, 6.45) is 2.17. The van der Waals surface area contributed by atoms with Gasteiger partial charge in [-0.3, -0.25) is 0 Å². The van der Waals surface area contributed by atoms with Crippen LogP contribution in [0.15, 0.2) is 18.2 Å². The van der Waals surface area contributed by atoms with E-state index >= 15 is 0 Å². The first-order valence-corrected chi connectivity index (χ1v) is 7.57. The lowest BCUT2D eigenvalue weighted by molar-refractivity contribution is 0.0820. The Bertz CT molecular complexity index is 425. The van der Waals surface area contributed by atoms with Crippen molar-refractivity contribution in [2.45, 2.75) is 39.3 Å². The Balaban J connectivity index is 2.19. The summed E-state index contributed by atoms with van der Waals surface area (Å²) in [5.74, 6) is -0.130. The van der Waals surface area contributed by atoms with Crippen LogP contribution in [0, 0.1) is 5.82 Å². The largest absolute Gasteiger partial charge is 0.377 e. The topological polar surface area (TPSA) is 24.5 Å². The van der Waals surface area contributed by atoms with Crippen LogP contribution in [0.3, 0.4) is 0 Å². The van der Waals surface area contributed by atoms with Gasteiger partial charge in [-0.1, -0.05) is 19.1 Å². The molecule has 2 rings (SSSR count). The van der Waals surface area contributed by atoms with Gasteiger partial charge in [-0.25, -0.2) is 4.39 Å². The first kappa shape index (κ1) is 15.3. The van der Waals surface area contributed by atoms with E-state index in [0.717, 1.165) is 50.3 Å². The molecular formula is C16H25FN2O. The Kier molecular flexibility index (Phi) is 5.80. The zero-order valence-corrected chi connectivity index (χ0v) is 12.5. The van der Waals surface area contributed by atoms with E-state index in [0.29, 0.717) is 6.54 Å². The van der Waals surface area contributed by atoms with Crippen molar-refractivity contribution in [1.82, 2.24) is 5.32 Å². The second kappa shape index (κ2) is 7.60. The van der Waals surface area contributed by atoms with Crippen molar-refractivity contribution >= 4 is 5.69 Å². The van der Waals surface area contributed by atoms with E-state index in [1.54, 1.807) is 12.1 Å². The lowest BCUT2D eigenvalue weighted by Crippen LogP contribution is -2.32. The number of nitrogens with one attached hydrogen (secondary N) is 1. The summed E-state index contributed by atoms with van der Waals surface area (Å²) in [6, 6.07) is 5.35. The molecule has 3 nitrogen and oxygen atoms in total. The van der Waals surface area contributed by atoms with Gasteiger partial charge in [-0.15, -0.1) is 0 Å². The van der Waals surface area contributed by atoms with Crippen molar-refractivity contribution in [3.05, 3.63) is 29.6 Å². The van der Waals surface area contributed by atoms with Crippen LogP contribution in [0.4, 0.5) is 10.1 Å². The third-order valence-corrected chi connectivity index (χ3v) is 3.58. The quantitative estimate of drug-likeness (QED) is 0.839.